The van der Waals surface area contributed by atoms with Crippen molar-refractivity contribution in [1.82, 2.24) is 15.1 Å². The summed E-state index contributed by atoms with van der Waals surface area (Å²) in [5.41, 5.74) is 1.05. The lowest BCUT2D eigenvalue weighted by atomic mass is 10.0. The van der Waals surface area contributed by atoms with Gasteiger partial charge in [0, 0.05) is 38.3 Å². The molecule has 5 nitrogen and oxygen atoms in total. The number of piperazine rings is 1. The van der Waals surface area contributed by atoms with Crippen molar-refractivity contribution >= 4 is 28.7 Å². The summed E-state index contributed by atoms with van der Waals surface area (Å²) >= 11 is 0. The first-order valence-corrected chi connectivity index (χ1v) is 9.65. The van der Waals surface area contributed by atoms with Gasteiger partial charge in [0.15, 0.2) is 0 Å². The molecule has 0 atom stereocenters. The maximum atomic E-state index is 12.5. The van der Waals surface area contributed by atoms with Gasteiger partial charge in [0.05, 0.1) is 6.54 Å². The van der Waals surface area contributed by atoms with Gasteiger partial charge in [0.25, 0.3) is 0 Å². The standard InChI is InChI=1S/C22H25N3O2/c26-21(23-19-9-10-19)16-24-12-14-25(15-13-24)22(27)11-8-18-6-3-5-17-4-1-2-7-20(17)18/h1-8,11,19H,9-10,12-16H2,(H,23,26)/b11-8+. The molecular formula is C22H25N3O2. The fourth-order valence-electron chi connectivity index (χ4n) is 3.49. The molecule has 0 spiro atoms. The monoisotopic (exact) mass is 363 g/mol. The number of hydrogen-bond donors (Lipinski definition) is 1. The van der Waals surface area contributed by atoms with Crippen LogP contribution in [0.2, 0.25) is 0 Å². The van der Waals surface area contributed by atoms with Crippen LogP contribution in [0, 0.1) is 0 Å². The van der Waals surface area contributed by atoms with Crippen LogP contribution < -0.4 is 5.32 Å². The van der Waals surface area contributed by atoms with Crippen molar-refractivity contribution in [2.24, 2.45) is 0 Å². The van der Waals surface area contributed by atoms with E-state index in [1.807, 2.05) is 35.2 Å². The van der Waals surface area contributed by atoms with Crippen molar-refractivity contribution in [2.75, 3.05) is 32.7 Å². The van der Waals surface area contributed by atoms with Crippen LogP contribution in [-0.4, -0.2) is 60.4 Å². The zero-order valence-corrected chi connectivity index (χ0v) is 15.4. The molecule has 2 amide bonds. The number of benzene rings is 2. The van der Waals surface area contributed by atoms with Crippen LogP contribution in [0.4, 0.5) is 0 Å². The first kappa shape index (κ1) is 17.7. The number of amides is 2. The summed E-state index contributed by atoms with van der Waals surface area (Å²) in [5, 5.41) is 5.34. The number of carbonyl (C=O) groups excluding carboxylic acids is 2. The average Bonchev–Trinajstić information content (AvgIpc) is 3.50. The van der Waals surface area contributed by atoms with Crippen molar-refractivity contribution in [3.63, 3.8) is 0 Å². The van der Waals surface area contributed by atoms with Gasteiger partial charge in [-0.1, -0.05) is 42.5 Å². The Morgan fingerprint density at radius 2 is 1.74 bits per heavy atom. The fraction of sp³-hybridized carbons (Fsp3) is 0.364. The van der Waals surface area contributed by atoms with Gasteiger partial charge in [-0.05, 0) is 35.3 Å². The highest BCUT2D eigenvalue weighted by molar-refractivity contribution is 5.96. The normalized spacial score (nSPS) is 18.1. The molecule has 4 rings (SSSR count). The highest BCUT2D eigenvalue weighted by atomic mass is 16.2. The topological polar surface area (TPSA) is 52.7 Å². The van der Waals surface area contributed by atoms with E-state index in [4.69, 9.17) is 0 Å². The first-order chi connectivity index (χ1) is 13.2. The maximum absolute atomic E-state index is 12.5. The quantitative estimate of drug-likeness (QED) is 0.829. The molecule has 0 unspecified atom stereocenters. The van der Waals surface area contributed by atoms with E-state index in [0.29, 0.717) is 25.7 Å². The van der Waals surface area contributed by atoms with Gasteiger partial charge in [-0.15, -0.1) is 0 Å². The number of fused-ring (bicyclic) bond motifs is 1. The molecule has 1 saturated carbocycles. The predicted octanol–water partition coefficient (Wildman–Crippen LogP) is 2.28. The second-order valence-corrected chi connectivity index (χ2v) is 7.34. The number of nitrogens with zero attached hydrogens (tertiary/aromatic N) is 2. The fourth-order valence-corrected chi connectivity index (χ4v) is 3.49. The Morgan fingerprint density at radius 3 is 2.52 bits per heavy atom. The Kier molecular flexibility index (Phi) is 5.21. The molecule has 1 saturated heterocycles. The molecule has 1 heterocycles. The van der Waals surface area contributed by atoms with E-state index >= 15 is 0 Å². The third-order valence-corrected chi connectivity index (χ3v) is 5.22. The zero-order valence-electron chi connectivity index (χ0n) is 15.4. The molecule has 0 bridgehead atoms. The Bertz CT molecular complexity index is 859. The van der Waals surface area contributed by atoms with E-state index < -0.39 is 0 Å². The van der Waals surface area contributed by atoms with Gasteiger partial charge >= 0.3 is 0 Å². The molecule has 2 fully saturated rings. The molecule has 1 aliphatic carbocycles. The predicted molar refractivity (Wildman–Crippen MR) is 107 cm³/mol. The highest BCUT2D eigenvalue weighted by Crippen LogP contribution is 2.20. The smallest absolute Gasteiger partial charge is 0.246 e. The molecule has 5 heteroatoms. The van der Waals surface area contributed by atoms with Crippen molar-refractivity contribution in [2.45, 2.75) is 18.9 Å². The average molecular weight is 363 g/mol. The molecule has 0 aromatic heterocycles. The van der Waals surface area contributed by atoms with Gasteiger partial charge < -0.3 is 10.2 Å². The minimum atomic E-state index is 0.0324. The summed E-state index contributed by atoms with van der Waals surface area (Å²) in [6, 6.07) is 14.7. The molecule has 2 aromatic rings. The third kappa shape index (κ3) is 4.55. The SMILES string of the molecule is O=C(CN1CCN(C(=O)/C=C/c2cccc3ccccc23)CC1)NC1CC1. The van der Waals surface area contributed by atoms with E-state index in [1.165, 1.54) is 5.39 Å². The Hall–Kier alpha value is -2.66. The molecule has 0 radical (unpaired) electrons. The van der Waals surface area contributed by atoms with Crippen molar-refractivity contribution in [3.05, 3.63) is 54.1 Å². The molecule has 2 aromatic carbocycles. The van der Waals surface area contributed by atoms with Crippen LogP contribution in [0.25, 0.3) is 16.8 Å². The van der Waals surface area contributed by atoms with Crippen LogP contribution in [0.1, 0.15) is 18.4 Å². The number of carbonyl (C=O) groups is 2. The van der Waals surface area contributed by atoms with Gasteiger partial charge in [0.2, 0.25) is 11.8 Å². The maximum Gasteiger partial charge on any atom is 0.246 e. The third-order valence-electron chi connectivity index (χ3n) is 5.22. The second kappa shape index (κ2) is 7.92. The lowest BCUT2D eigenvalue weighted by molar-refractivity contribution is -0.128. The molecule has 1 aliphatic heterocycles. The summed E-state index contributed by atoms with van der Waals surface area (Å²) in [6.45, 7) is 3.24. The highest BCUT2D eigenvalue weighted by Gasteiger charge is 2.25. The Morgan fingerprint density at radius 1 is 1.00 bits per heavy atom. The first-order valence-electron chi connectivity index (χ1n) is 9.65. The van der Waals surface area contributed by atoms with Gasteiger partial charge in [-0.2, -0.15) is 0 Å². The summed E-state index contributed by atoms with van der Waals surface area (Å²) < 4.78 is 0. The zero-order chi connectivity index (χ0) is 18.6. The molecule has 1 N–H and O–H groups in total. The second-order valence-electron chi connectivity index (χ2n) is 7.34. The molecule has 140 valence electrons. The largest absolute Gasteiger partial charge is 0.352 e. The van der Waals surface area contributed by atoms with E-state index in [0.717, 1.165) is 36.9 Å². The summed E-state index contributed by atoms with van der Waals surface area (Å²) in [5.74, 6) is 0.137. The summed E-state index contributed by atoms with van der Waals surface area (Å²) in [4.78, 5) is 28.4. The number of nitrogens with one attached hydrogen (secondary N) is 1. The van der Waals surface area contributed by atoms with E-state index in [9.17, 15) is 9.59 Å². The minimum absolute atomic E-state index is 0.0324. The van der Waals surface area contributed by atoms with Crippen LogP contribution in [-0.2, 0) is 9.59 Å². The van der Waals surface area contributed by atoms with Gasteiger partial charge in [-0.3, -0.25) is 14.5 Å². The molecule has 2 aliphatic rings. The van der Waals surface area contributed by atoms with Gasteiger partial charge in [-0.25, -0.2) is 0 Å². The lowest BCUT2D eigenvalue weighted by Crippen LogP contribution is -2.51. The Labute approximate surface area is 159 Å². The number of rotatable bonds is 5. The van der Waals surface area contributed by atoms with E-state index in [2.05, 4.69) is 28.4 Å². The van der Waals surface area contributed by atoms with Gasteiger partial charge in [0.1, 0.15) is 0 Å². The molecule has 27 heavy (non-hydrogen) atoms. The van der Waals surface area contributed by atoms with E-state index in [-0.39, 0.29) is 11.8 Å². The van der Waals surface area contributed by atoms with Crippen molar-refractivity contribution in [1.29, 1.82) is 0 Å². The summed E-state index contributed by atoms with van der Waals surface area (Å²) in [6.07, 6.45) is 5.78. The van der Waals surface area contributed by atoms with E-state index in [1.54, 1.807) is 6.08 Å². The lowest BCUT2D eigenvalue weighted by Gasteiger charge is -2.33. The van der Waals surface area contributed by atoms with Crippen LogP contribution >= 0.6 is 0 Å². The van der Waals surface area contributed by atoms with Crippen LogP contribution in [0.3, 0.4) is 0 Å². The molecular weight excluding hydrogens is 338 g/mol. The number of hydrogen-bond acceptors (Lipinski definition) is 3. The van der Waals surface area contributed by atoms with Crippen molar-refractivity contribution < 1.29 is 9.59 Å². The van der Waals surface area contributed by atoms with Crippen LogP contribution in [0.5, 0.6) is 0 Å². The van der Waals surface area contributed by atoms with Crippen LogP contribution in [0.15, 0.2) is 48.5 Å². The summed E-state index contributed by atoms with van der Waals surface area (Å²) in [7, 11) is 0. The minimum Gasteiger partial charge on any atom is -0.352 e. The Balaban J connectivity index is 1.31. The van der Waals surface area contributed by atoms with Crippen molar-refractivity contribution in [3.8, 4) is 0 Å².